The van der Waals surface area contributed by atoms with E-state index in [4.69, 9.17) is 14.2 Å². The molecule has 3 aromatic rings. The summed E-state index contributed by atoms with van der Waals surface area (Å²) >= 11 is 0. The van der Waals surface area contributed by atoms with Gasteiger partial charge in [0.25, 0.3) is 15.7 Å². The number of fused-ring (bicyclic) bond motifs is 1. The van der Waals surface area contributed by atoms with E-state index in [1.807, 2.05) is 0 Å². The predicted octanol–water partition coefficient (Wildman–Crippen LogP) is 2.93. The van der Waals surface area contributed by atoms with Crippen LogP contribution in [0.1, 0.15) is 0 Å². The Morgan fingerprint density at radius 1 is 1.03 bits per heavy atom. The van der Waals surface area contributed by atoms with Gasteiger partial charge in [0.15, 0.2) is 11.5 Å². The van der Waals surface area contributed by atoms with E-state index >= 15 is 0 Å². The van der Waals surface area contributed by atoms with E-state index in [9.17, 15) is 18.5 Å². The standard InChI is InChI=1S/C18H19N3O7S/c1-20(12-8-15(26-2)18(28-4)16(9-12)27-3)29(24,25)17-10-19-14-6-5-11(21(22)23)7-13(14)17/h5-10,19H,1-4H3. The minimum atomic E-state index is -4.06. The molecule has 0 fully saturated rings. The second kappa shape index (κ2) is 7.51. The number of hydrogen-bond acceptors (Lipinski definition) is 7. The maximum atomic E-state index is 13.3. The molecule has 154 valence electrons. The number of aromatic nitrogens is 1. The number of hydrogen-bond donors (Lipinski definition) is 1. The zero-order valence-corrected chi connectivity index (χ0v) is 16.9. The zero-order chi connectivity index (χ0) is 21.3. The fourth-order valence-corrected chi connectivity index (χ4v) is 4.28. The first kappa shape index (κ1) is 20.3. The van der Waals surface area contributed by atoms with Crippen LogP contribution in [0.15, 0.2) is 41.4 Å². The van der Waals surface area contributed by atoms with Crippen molar-refractivity contribution in [2.45, 2.75) is 4.90 Å². The van der Waals surface area contributed by atoms with Crippen LogP contribution in [-0.2, 0) is 10.0 Å². The van der Waals surface area contributed by atoms with Gasteiger partial charge < -0.3 is 19.2 Å². The number of methoxy groups -OCH3 is 3. The van der Waals surface area contributed by atoms with Crippen LogP contribution in [0.3, 0.4) is 0 Å². The van der Waals surface area contributed by atoms with Gasteiger partial charge in [-0.1, -0.05) is 0 Å². The molecule has 0 aliphatic carbocycles. The Balaban J connectivity index is 2.14. The lowest BCUT2D eigenvalue weighted by molar-refractivity contribution is -0.384. The van der Waals surface area contributed by atoms with E-state index in [1.165, 1.54) is 64.9 Å². The van der Waals surface area contributed by atoms with E-state index in [0.717, 1.165) is 4.31 Å². The number of H-pyrrole nitrogens is 1. The Labute approximate surface area is 166 Å². The molecule has 29 heavy (non-hydrogen) atoms. The molecule has 1 N–H and O–H groups in total. The van der Waals surface area contributed by atoms with Crippen molar-refractivity contribution in [1.82, 2.24) is 4.98 Å². The molecule has 0 saturated heterocycles. The third-order valence-electron chi connectivity index (χ3n) is 4.49. The van der Waals surface area contributed by atoms with Crippen LogP contribution in [0.4, 0.5) is 11.4 Å². The summed E-state index contributed by atoms with van der Waals surface area (Å²) in [6.45, 7) is 0. The quantitative estimate of drug-likeness (QED) is 0.459. The molecule has 10 nitrogen and oxygen atoms in total. The molecule has 0 radical (unpaired) electrons. The largest absolute Gasteiger partial charge is 0.493 e. The molecule has 0 aliphatic heterocycles. The van der Waals surface area contributed by atoms with E-state index in [2.05, 4.69) is 4.98 Å². The van der Waals surface area contributed by atoms with Gasteiger partial charge in [0.05, 0.1) is 31.9 Å². The first-order valence-corrected chi connectivity index (χ1v) is 9.73. The summed E-state index contributed by atoms with van der Waals surface area (Å²) in [5, 5.41) is 11.3. The molecule has 1 heterocycles. The molecule has 0 amide bonds. The summed E-state index contributed by atoms with van der Waals surface area (Å²) in [7, 11) is 1.60. The SMILES string of the molecule is COc1cc(N(C)S(=O)(=O)c2c[nH]c3ccc([N+](=O)[O-])cc23)cc(OC)c1OC. The molecule has 0 unspecified atom stereocenters. The summed E-state index contributed by atoms with van der Waals surface area (Å²) < 4.78 is 43.4. The molecule has 0 spiro atoms. The number of anilines is 1. The summed E-state index contributed by atoms with van der Waals surface area (Å²) in [6.07, 6.45) is 1.30. The fraction of sp³-hybridized carbons (Fsp3) is 0.222. The van der Waals surface area contributed by atoms with Crippen LogP contribution < -0.4 is 18.5 Å². The lowest BCUT2D eigenvalue weighted by Crippen LogP contribution is -2.26. The monoisotopic (exact) mass is 421 g/mol. The Kier molecular flexibility index (Phi) is 5.25. The molecule has 1 aromatic heterocycles. The van der Waals surface area contributed by atoms with Gasteiger partial charge in [-0.2, -0.15) is 0 Å². The Morgan fingerprint density at radius 2 is 1.66 bits per heavy atom. The number of benzene rings is 2. The predicted molar refractivity (Wildman–Crippen MR) is 107 cm³/mol. The number of aromatic amines is 1. The zero-order valence-electron chi connectivity index (χ0n) is 16.1. The molecule has 0 atom stereocenters. The van der Waals surface area contributed by atoms with Gasteiger partial charge in [0.2, 0.25) is 5.75 Å². The highest BCUT2D eigenvalue weighted by atomic mass is 32.2. The average Bonchev–Trinajstić information content (AvgIpc) is 3.15. The van der Waals surface area contributed by atoms with Gasteiger partial charge in [0.1, 0.15) is 4.90 Å². The average molecular weight is 421 g/mol. The maximum Gasteiger partial charge on any atom is 0.270 e. The number of non-ortho nitro benzene ring substituents is 1. The van der Waals surface area contributed by atoms with Crippen LogP contribution in [0.2, 0.25) is 0 Å². The molecule has 3 rings (SSSR count). The minimum Gasteiger partial charge on any atom is -0.493 e. The molecular weight excluding hydrogens is 402 g/mol. The van der Waals surface area contributed by atoms with Crippen molar-refractivity contribution in [1.29, 1.82) is 0 Å². The maximum absolute atomic E-state index is 13.3. The van der Waals surface area contributed by atoms with Gasteiger partial charge in [-0.3, -0.25) is 14.4 Å². The van der Waals surface area contributed by atoms with Crippen LogP contribution in [0.5, 0.6) is 17.2 Å². The molecule has 0 bridgehead atoms. The van der Waals surface area contributed by atoms with E-state index in [1.54, 1.807) is 0 Å². The van der Waals surface area contributed by atoms with Crippen molar-refractivity contribution in [3.05, 3.63) is 46.6 Å². The number of nitrogens with one attached hydrogen (secondary N) is 1. The van der Waals surface area contributed by atoms with E-state index in [0.29, 0.717) is 22.8 Å². The van der Waals surface area contributed by atoms with Crippen molar-refractivity contribution in [3.8, 4) is 17.2 Å². The smallest absolute Gasteiger partial charge is 0.270 e. The van der Waals surface area contributed by atoms with Gasteiger partial charge in [0, 0.05) is 48.4 Å². The third-order valence-corrected chi connectivity index (χ3v) is 6.32. The molecule has 2 aromatic carbocycles. The fourth-order valence-electron chi connectivity index (χ4n) is 2.95. The van der Waals surface area contributed by atoms with Crippen LogP contribution in [0, 0.1) is 10.1 Å². The molecule has 0 saturated carbocycles. The summed E-state index contributed by atoms with van der Waals surface area (Å²) in [4.78, 5) is 13.2. The first-order valence-electron chi connectivity index (χ1n) is 8.29. The number of nitro benzene ring substituents is 1. The van der Waals surface area contributed by atoms with Crippen LogP contribution >= 0.6 is 0 Å². The number of nitro groups is 1. The third kappa shape index (κ3) is 3.40. The Morgan fingerprint density at radius 3 is 2.17 bits per heavy atom. The second-order valence-corrected chi connectivity index (χ2v) is 7.93. The van der Waals surface area contributed by atoms with Crippen LogP contribution in [0.25, 0.3) is 10.9 Å². The second-order valence-electron chi connectivity index (χ2n) is 6.00. The Bertz CT molecular complexity index is 1160. The van der Waals surface area contributed by atoms with Gasteiger partial charge in [-0.05, 0) is 6.07 Å². The summed E-state index contributed by atoms with van der Waals surface area (Å²) in [5.41, 5.74) is 0.524. The lowest BCUT2D eigenvalue weighted by Gasteiger charge is -2.21. The normalized spacial score (nSPS) is 11.3. The minimum absolute atomic E-state index is 0.0903. The number of rotatable bonds is 7. The summed E-state index contributed by atoms with van der Waals surface area (Å²) in [5.74, 6) is 0.907. The highest BCUT2D eigenvalue weighted by Gasteiger charge is 2.27. The highest BCUT2D eigenvalue weighted by Crippen LogP contribution is 2.42. The van der Waals surface area contributed by atoms with Gasteiger partial charge >= 0.3 is 0 Å². The molecule has 0 aliphatic rings. The topological polar surface area (TPSA) is 124 Å². The first-order chi connectivity index (χ1) is 13.7. The van der Waals surface area contributed by atoms with Crippen molar-refractivity contribution < 1.29 is 27.6 Å². The highest BCUT2D eigenvalue weighted by molar-refractivity contribution is 7.93. The van der Waals surface area contributed by atoms with E-state index in [-0.39, 0.29) is 21.7 Å². The van der Waals surface area contributed by atoms with E-state index < -0.39 is 14.9 Å². The van der Waals surface area contributed by atoms with Crippen molar-refractivity contribution in [2.75, 3.05) is 32.7 Å². The van der Waals surface area contributed by atoms with Gasteiger partial charge in [-0.15, -0.1) is 0 Å². The van der Waals surface area contributed by atoms with Crippen LogP contribution in [-0.4, -0.2) is 46.7 Å². The van der Waals surface area contributed by atoms with Gasteiger partial charge in [-0.25, -0.2) is 8.42 Å². The number of nitrogens with zero attached hydrogens (tertiary/aromatic N) is 2. The number of sulfonamides is 1. The lowest BCUT2D eigenvalue weighted by atomic mass is 10.2. The van der Waals surface area contributed by atoms with Crippen molar-refractivity contribution in [2.24, 2.45) is 0 Å². The van der Waals surface area contributed by atoms with Crippen molar-refractivity contribution >= 4 is 32.3 Å². The summed E-state index contributed by atoms with van der Waals surface area (Å²) in [6, 6.07) is 6.98. The molecular formula is C18H19N3O7S. The number of ether oxygens (including phenoxy) is 3. The van der Waals surface area contributed by atoms with Crippen molar-refractivity contribution in [3.63, 3.8) is 0 Å². The Hall–Kier alpha value is -3.47. The molecule has 11 heteroatoms.